The summed E-state index contributed by atoms with van der Waals surface area (Å²) in [5.74, 6) is 1.63. The zero-order valence-electron chi connectivity index (χ0n) is 16.4. The van der Waals surface area contributed by atoms with Gasteiger partial charge in [-0.1, -0.05) is 26.3 Å². The van der Waals surface area contributed by atoms with Gasteiger partial charge in [-0.3, -0.25) is 0 Å². The number of unbranched alkanes of at least 4 members (excludes halogenated alkanes) is 1. The van der Waals surface area contributed by atoms with Crippen LogP contribution in [0.1, 0.15) is 37.8 Å². The van der Waals surface area contributed by atoms with Gasteiger partial charge < -0.3 is 18.8 Å². The van der Waals surface area contributed by atoms with Gasteiger partial charge in [0.1, 0.15) is 17.1 Å². The van der Waals surface area contributed by atoms with Crippen molar-refractivity contribution in [3.8, 4) is 11.5 Å². The van der Waals surface area contributed by atoms with E-state index in [-0.39, 0.29) is 5.63 Å². The summed E-state index contributed by atoms with van der Waals surface area (Å²) in [6.45, 7) is 5.96. The van der Waals surface area contributed by atoms with Crippen molar-refractivity contribution in [1.82, 2.24) is 0 Å². The summed E-state index contributed by atoms with van der Waals surface area (Å²) < 4.78 is 17.4. The van der Waals surface area contributed by atoms with Crippen molar-refractivity contribution in [2.45, 2.75) is 39.7 Å². The predicted octanol–water partition coefficient (Wildman–Crippen LogP) is 4.89. The Morgan fingerprint density at radius 3 is 2.86 bits per heavy atom. The second-order valence-electron chi connectivity index (χ2n) is 7.03. The number of hydrogen-bond acceptors (Lipinski definition) is 5. The fourth-order valence-corrected chi connectivity index (χ4v) is 3.56. The highest BCUT2D eigenvalue weighted by Gasteiger charge is 2.22. The molecule has 5 heteroatoms. The minimum Gasteiger partial charge on any atom is -0.494 e. The molecule has 3 aromatic rings. The van der Waals surface area contributed by atoms with Crippen molar-refractivity contribution in [2.24, 2.45) is 0 Å². The van der Waals surface area contributed by atoms with Gasteiger partial charge in [0, 0.05) is 23.2 Å². The lowest BCUT2D eigenvalue weighted by Gasteiger charge is -2.31. The molecule has 0 spiro atoms. The first-order valence-electron chi connectivity index (χ1n) is 9.88. The van der Waals surface area contributed by atoms with E-state index in [2.05, 4.69) is 11.8 Å². The molecule has 1 aromatic heterocycles. The number of hydrogen-bond donors (Lipinski definition) is 0. The molecular weight excluding hydrogens is 354 g/mol. The van der Waals surface area contributed by atoms with E-state index in [9.17, 15) is 4.79 Å². The molecule has 0 bridgehead atoms. The Kier molecular flexibility index (Phi) is 5.24. The van der Waals surface area contributed by atoms with Crippen molar-refractivity contribution in [2.75, 3.05) is 18.2 Å². The number of ether oxygens (including phenoxy) is 2. The Morgan fingerprint density at radius 2 is 2.04 bits per heavy atom. The summed E-state index contributed by atoms with van der Waals surface area (Å²) in [5, 5.41) is 0.975. The van der Waals surface area contributed by atoms with Crippen LogP contribution in [0.3, 0.4) is 0 Å². The molecule has 5 nitrogen and oxygen atoms in total. The number of benzene rings is 2. The molecular formula is C23H25NO4. The molecule has 1 aliphatic rings. The lowest BCUT2D eigenvalue weighted by atomic mass is 10.0. The van der Waals surface area contributed by atoms with Gasteiger partial charge in [-0.2, -0.15) is 0 Å². The number of anilines is 1. The summed E-state index contributed by atoms with van der Waals surface area (Å²) in [4.78, 5) is 14.2. The summed E-state index contributed by atoms with van der Waals surface area (Å²) >= 11 is 0. The fraction of sp³-hybridized carbons (Fsp3) is 0.348. The third-order valence-electron chi connectivity index (χ3n) is 5.11. The smallest absolute Gasteiger partial charge is 0.336 e. The first-order valence-corrected chi connectivity index (χ1v) is 9.88. The van der Waals surface area contributed by atoms with E-state index in [4.69, 9.17) is 13.9 Å². The summed E-state index contributed by atoms with van der Waals surface area (Å²) in [6, 6.07) is 13.6. The van der Waals surface area contributed by atoms with Crippen LogP contribution in [0.15, 0.2) is 51.7 Å². The van der Waals surface area contributed by atoms with E-state index in [1.807, 2.05) is 43.3 Å². The average molecular weight is 379 g/mol. The lowest BCUT2D eigenvalue weighted by Crippen LogP contribution is -2.32. The first-order chi connectivity index (χ1) is 13.7. The van der Waals surface area contributed by atoms with Crippen LogP contribution in [0.25, 0.3) is 11.0 Å². The standard InChI is InChI=1S/C23H25NO4/c1-3-5-11-26-18-8-6-7-17(13-18)24-14-20-21(27-15-24)10-9-19-16(4-2)12-22(25)28-23(19)20/h6-10,12-13H,3-5,11,14-15H2,1-2H3. The summed E-state index contributed by atoms with van der Waals surface area (Å²) in [6.07, 6.45) is 2.92. The van der Waals surface area contributed by atoms with E-state index >= 15 is 0 Å². The Hall–Kier alpha value is -2.95. The van der Waals surface area contributed by atoms with Crippen molar-refractivity contribution in [3.05, 3.63) is 64.0 Å². The molecule has 4 rings (SSSR count). The molecule has 0 aliphatic carbocycles. The highest BCUT2D eigenvalue weighted by molar-refractivity contribution is 5.85. The van der Waals surface area contributed by atoms with Crippen LogP contribution < -0.4 is 20.0 Å². The van der Waals surface area contributed by atoms with Gasteiger partial charge in [-0.15, -0.1) is 0 Å². The highest BCUT2D eigenvalue weighted by Crippen LogP contribution is 2.35. The number of aryl methyl sites for hydroxylation is 1. The molecule has 0 fully saturated rings. The molecule has 0 saturated heterocycles. The Balaban J connectivity index is 1.67. The molecule has 0 unspecified atom stereocenters. The molecule has 1 aliphatic heterocycles. The van der Waals surface area contributed by atoms with Gasteiger partial charge in [-0.05, 0) is 42.7 Å². The van der Waals surface area contributed by atoms with Crippen LogP contribution in [-0.2, 0) is 13.0 Å². The third-order valence-corrected chi connectivity index (χ3v) is 5.11. The van der Waals surface area contributed by atoms with Crippen LogP contribution in [0.5, 0.6) is 11.5 Å². The van der Waals surface area contributed by atoms with Crippen LogP contribution >= 0.6 is 0 Å². The molecule has 0 N–H and O–H groups in total. The fourth-order valence-electron chi connectivity index (χ4n) is 3.56. The SMILES string of the molecule is CCCCOc1cccc(N2COc3ccc4c(CC)cc(=O)oc4c3C2)c1. The van der Waals surface area contributed by atoms with Crippen molar-refractivity contribution < 1.29 is 13.9 Å². The number of fused-ring (bicyclic) bond motifs is 3. The van der Waals surface area contributed by atoms with E-state index in [0.717, 1.165) is 59.6 Å². The molecule has 2 heterocycles. The normalized spacial score (nSPS) is 13.3. The van der Waals surface area contributed by atoms with Gasteiger partial charge in [-0.25, -0.2) is 4.79 Å². The lowest BCUT2D eigenvalue weighted by molar-refractivity contribution is 0.288. The maximum atomic E-state index is 12.0. The molecule has 28 heavy (non-hydrogen) atoms. The van der Waals surface area contributed by atoms with Crippen molar-refractivity contribution in [3.63, 3.8) is 0 Å². The Bertz CT molecular complexity index is 1040. The number of nitrogens with zero attached hydrogens (tertiary/aromatic N) is 1. The van der Waals surface area contributed by atoms with E-state index in [1.54, 1.807) is 6.07 Å². The van der Waals surface area contributed by atoms with Gasteiger partial charge in [0.25, 0.3) is 0 Å². The topological polar surface area (TPSA) is 51.9 Å². The minimum absolute atomic E-state index is 0.318. The second kappa shape index (κ2) is 7.97. The average Bonchev–Trinajstić information content (AvgIpc) is 2.73. The van der Waals surface area contributed by atoms with Crippen molar-refractivity contribution in [1.29, 1.82) is 0 Å². The second-order valence-corrected chi connectivity index (χ2v) is 7.03. The minimum atomic E-state index is -0.318. The molecule has 0 atom stereocenters. The van der Waals surface area contributed by atoms with E-state index in [1.165, 1.54) is 0 Å². The van der Waals surface area contributed by atoms with E-state index in [0.29, 0.717) is 18.9 Å². The van der Waals surface area contributed by atoms with Crippen LogP contribution in [0.2, 0.25) is 0 Å². The molecule has 2 aromatic carbocycles. The van der Waals surface area contributed by atoms with E-state index < -0.39 is 0 Å². The predicted molar refractivity (Wildman–Crippen MR) is 110 cm³/mol. The molecule has 146 valence electrons. The van der Waals surface area contributed by atoms with Gasteiger partial charge in [0.05, 0.1) is 18.7 Å². The first kappa shape index (κ1) is 18.4. The zero-order chi connectivity index (χ0) is 19.5. The maximum absolute atomic E-state index is 12.0. The van der Waals surface area contributed by atoms with Gasteiger partial charge >= 0.3 is 5.63 Å². The van der Waals surface area contributed by atoms with Gasteiger partial charge in [0.2, 0.25) is 0 Å². The summed E-state index contributed by atoms with van der Waals surface area (Å²) in [5.41, 5.74) is 3.24. The molecule has 0 radical (unpaired) electrons. The third kappa shape index (κ3) is 3.57. The zero-order valence-corrected chi connectivity index (χ0v) is 16.4. The number of rotatable bonds is 6. The Labute approximate surface area is 164 Å². The summed E-state index contributed by atoms with van der Waals surface area (Å²) in [7, 11) is 0. The van der Waals surface area contributed by atoms with Crippen LogP contribution in [0.4, 0.5) is 5.69 Å². The quantitative estimate of drug-likeness (QED) is 0.451. The van der Waals surface area contributed by atoms with Crippen molar-refractivity contribution >= 4 is 16.7 Å². The van der Waals surface area contributed by atoms with Gasteiger partial charge in [0.15, 0.2) is 6.73 Å². The molecule has 0 amide bonds. The highest BCUT2D eigenvalue weighted by atomic mass is 16.5. The largest absolute Gasteiger partial charge is 0.494 e. The molecule has 0 saturated carbocycles. The maximum Gasteiger partial charge on any atom is 0.336 e. The monoisotopic (exact) mass is 379 g/mol. The van der Waals surface area contributed by atoms with Crippen LogP contribution in [-0.4, -0.2) is 13.3 Å². The Morgan fingerprint density at radius 1 is 1.14 bits per heavy atom. The van der Waals surface area contributed by atoms with Crippen LogP contribution in [0, 0.1) is 0 Å².